The molecular formula is C25H33NO6. The van der Waals surface area contributed by atoms with Crippen LogP contribution in [-0.4, -0.2) is 44.3 Å². The normalized spacial score (nSPS) is 21.2. The summed E-state index contributed by atoms with van der Waals surface area (Å²) >= 11 is 0. The summed E-state index contributed by atoms with van der Waals surface area (Å²) in [6.07, 6.45) is 6.38. The molecule has 1 aromatic carbocycles. The Morgan fingerprint density at radius 1 is 0.875 bits per heavy atom. The number of methoxy groups -OCH3 is 1. The van der Waals surface area contributed by atoms with Crippen molar-refractivity contribution < 1.29 is 28.4 Å². The summed E-state index contributed by atoms with van der Waals surface area (Å²) < 4.78 is 34.6. The Morgan fingerprint density at radius 3 is 2.41 bits per heavy atom. The maximum absolute atomic E-state index is 6.05. The van der Waals surface area contributed by atoms with E-state index in [0.717, 1.165) is 62.3 Å². The van der Waals surface area contributed by atoms with Crippen molar-refractivity contribution in [2.24, 2.45) is 0 Å². The summed E-state index contributed by atoms with van der Waals surface area (Å²) in [6, 6.07) is 11.6. The third-order valence-electron chi connectivity index (χ3n) is 5.64. The molecule has 0 radical (unpaired) electrons. The molecule has 2 atom stereocenters. The molecule has 174 valence electrons. The minimum Gasteiger partial charge on any atom is -0.497 e. The lowest BCUT2D eigenvalue weighted by Gasteiger charge is -2.23. The van der Waals surface area contributed by atoms with Crippen molar-refractivity contribution >= 4 is 0 Å². The fraction of sp³-hybridized carbons (Fsp3) is 0.560. The van der Waals surface area contributed by atoms with Gasteiger partial charge in [0.05, 0.1) is 25.5 Å². The third-order valence-corrected chi connectivity index (χ3v) is 5.64. The Morgan fingerprint density at radius 2 is 1.69 bits per heavy atom. The highest BCUT2D eigenvalue weighted by atomic mass is 16.7. The van der Waals surface area contributed by atoms with Crippen LogP contribution in [0.3, 0.4) is 0 Å². The van der Waals surface area contributed by atoms with E-state index in [9.17, 15) is 0 Å². The van der Waals surface area contributed by atoms with Crippen LogP contribution in [0.25, 0.3) is 0 Å². The van der Waals surface area contributed by atoms with Gasteiger partial charge in [0.2, 0.25) is 5.88 Å². The molecule has 7 nitrogen and oxygen atoms in total. The minimum absolute atomic E-state index is 0.116. The highest BCUT2D eigenvalue weighted by molar-refractivity contribution is 5.31. The van der Waals surface area contributed by atoms with Crippen LogP contribution in [0.5, 0.6) is 17.4 Å². The van der Waals surface area contributed by atoms with E-state index in [1.54, 1.807) is 7.11 Å². The smallest absolute Gasteiger partial charge is 0.217 e. The number of hydrogen-bond donors (Lipinski definition) is 0. The maximum Gasteiger partial charge on any atom is 0.217 e. The lowest BCUT2D eigenvalue weighted by Crippen LogP contribution is -2.26. The van der Waals surface area contributed by atoms with Crippen LogP contribution in [0.15, 0.2) is 36.4 Å². The van der Waals surface area contributed by atoms with E-state index in [1.807, 2.05) is 36.4 Å². The van der Waals surface area contributed by atoms with Gasteiger partial charge >= 0.3 is 0 Å². The molecule has 2 fully saturated rings. The fourth-order valence-electron chi connectivity index (χ4n) is 3.79. The summed E-state index contributed by atoms with van der Waals surface area (Å²) in [5.41, 5.74) is 1.81. The number of benzene rings is 1. The molecule has 3 heterocycles. The van der Waals surface area contributed by atoms with Crippen LogP contribution in [0.1, 0.15) is 49.8 Å². The van der Waals surface area contributed by atoms with E-state index in [1.165, 1.54) is 6.42 Å². The maximum atomic E-state index is 6.05. The van der Waals surface area contributed by atoms with Gasteiger partial charge in [-0.3, -0.25) is 0 Å². The number of nitrogens with zero attached hydrogens (tertiary/aromatic N) is 1. The van der Waals surface area contributed by atoms with Crippen molar-refractivity contribution in [3.8, 4) is 17.4 Å². The Hall–Kier alpha value is -2.35. The largest absolute Gasteiger partial charge is 0.497 e. The van der Waals surface area contributed by atoms with Crippen molar-refractivity contribution in [2.75, 3.05) is 26.9 Å². The zero-order chi connectivity index (χ0) is 22.0. The standard InChI is InChI=1S/C25H33NO6/c1-27-21-10-8-19(9-11-21)16-30-23-14-20(17-32-25-7-3-5-13-29-25)26-24(15-23)31-18-22-6-2-4-12-28-22/h8-11,14-15,22,25H,2-7,12-13,16-18H2,1H3. The lowest BCUT2D eigenvalue weighted by atomic mass is 10.1. The molecule has 4 rings (SSSR count). The molecule has 0 aliphatic carbocycles. The van der Waals surface area contributed by atoms with Crippen molar-refractivity contribution in [3.05, 3.63) is 47.7 Å². The summed E-state index contributed by atoms with van der Waals surface area (Å²) in [5, 5.41) is 0. The van der Waals surface area contributed by atoms with Crippen molar-refractivity contribution in [1.82, 2.24) is 4.98 Å². The van der Waals surface area contributed by atoms with Gasteiger partial charge < -0.3 is 28.4 Å². The average molecular weight is 444 g/mol. The molecule has 2 aliphatic heterocycles. The van der Waals surface area contributed by atoms with E-state index >= 15 is 0 Å². The van der Waals surface area contributed by atoms with Gasteiger partial charge in [0, 0.05) is 25.3 Å². The molecule has 2 unspecified atom stereocenters. The van der Waals surface area contributed by atoms with Crippen LogP contribution in [0, 0.1) is 0 Å². The molecular weight excluding hydrogens is 410 g/mol. The minimum atomic E-state index is -0.172. The third kappa shape index (κ3) is 7.08. The van der Waals surface area contributed by atoms with Gasteiger partial charge in [-0.05, 0) is 56.2 Å². The molecule has 0 N–H and O–H groups in total. The van der Waals surface area contributed by atoms with Crippen molar-refractivity contribution in [1.29, 1.82) is 0 Å². The topological polar surface area (TPSA) is 68.3 Å². The number of hydrogen-bond acceptors (Lipinski definition) is 7. The monoisotopic (exact) mass is 443 g/mol. The van der Waals surface area contributed by atoms with Crippen LogP contribution >= 0.6 is 0 Å². The highest BCUT2D eigenvalue weighted by Crippen LogP contribution is 2.24. The Balaban J connectivity index is 1.39. The molecule has 2 saturated heterocycles. The van der Waals surface area contributed by atoms with Crippen LogP contribution in [0.2, 0.25) is 0 Å². The van der Waals surface area contributed by atoms with Gasteiger partial charge in [-0.25, -0.2) is 4.98 Å². The van der Waals surface area contributed by atoms with Crippen LogP contribution in [-0.2, 0) is 27.4 Å². The molecule has 7 heteroatoms. The number of ether oxygens (including phenoxy) is 6. The van der Waals surface area contributed by atoms with Gasteiger partial charge in [0.1, 0.15) is 24.7 Å². The summed E-state index contributed by atoms with van der Waals surface area (Å²) in [6.45, 7) is 2.82. The second-order valence-corrected chi connectivity index (χ2v) is 8.18. The summed E-state index contributed by atoms with van der Waals surface area (Å²) in [4.78, 5) is 4.63. The quantitative estimate of drug-likeness (QED) is 0.529. The first kappa shape index (κ1) is 22.8. The summed E-state index contributed by atoms with van der Waals surface area (Å²) in [5.74, 6) is 2.04. The van der Waals surface area contributed by atoms with E-state index in [0.29, 0.717) is 31.5 Å². The summed E-state index contributed by atoms with van der Waals surface area (Å²) in [7, 11) is 1.66. The lowest BCUT2D eigenvalue weighted by molar-refractivity contribution is -0.169. The van der Waals surface area contributed by atoms with Gasteiger partial charge in [0.15, 0.2) is 6.29 Å². The van der Waals surface area contributed by atoms with E-state index in [4.69, 9.17) is 28.4 Å². The molecule has 0 spiro atoms. The number of pyridine rings is 1. The SMILES string of the molecule is COc1ccc(COc2cc(COC3CCCCO3)nc(OCC3CCCCO3)c2)cc1. The van der Waals surface area contributed by atoms with E-state index in [2.05, 4.69) is 4.98 Å². The first-order valence-electron chi connectivity index (χ1n) is 11.5. The predicted octanol–water partition coefficient (Wildman–Crippen LogP) is 4.66. The first-order valence-corrected chi connectivity index (χ1v) is 11.5. The zero-order valence-corrected chi connectivity index (χ0v) is 18.8. The Labute approximate surface area is 189 Å². The molecule has 1 aromatic heterocycles. The van der Waals surface area contributed by atoms with Crippen LogP contribution < -0.4 is 14.2 Å². The van der Waals surface area contributed by atoms with Gasteiger partial charge in [0.25, 0.3) is 0 Å². The predicted molar refractivity (Wildman–Crippen MR) is 119 cm³/mol. The molecule has 0 amide bonds. The van der Waals surface area contributed by atoms with Crippen molar-refractivity contribution in [2.45, 2.75) is 64.1 Å². The van der Waals surface area contributed by atoms with Crippen LogP contribution in [0.4, 0.5) is 0 Å². The Kier molecular flexibility index (Phi) is 8.59. The van der Waals surface area contributed by atoms with Gasteiger partial charge in [-0.15, -0.1) is 0 Å². The second-order valence-electron chi connectivity index (χ2n) is 8.18. The Bertz CT molecular complexity index is 775. The molecule has 0 bridgehead atoms. The van der Waals surface area contributed by atoms with E-state index < -0.39 is 0 Å². The molecule has 32 heavy (non-hydrogen) atoms. The second kappa shape index (κ2) is 12.0. The van der Waals surface area contributed by atoms with Gasteiger partial charge in [-0.1, -0.05) is 12.1 Å². The highest BCUT2D eigenvalue weighted by Gasteiger charge is 2.17. The molecule has 2 aliphatic rings. The van der Waals surface area contributed by atoms with E-state index in [-0.39, 0.29) is 12.4 Å². The fourth-order valence-corrected chi connectivity index (χ4v) is 3.79. The van der Waals surface area contributed by atoms with Crippen molar-refractivity contribution in [3.63, 3.8) is 0 Å². The number of rotatable bonds is 10. The average Bonchev–Trinajstić information content (AvgIpc) is 2.86. The first-order chi connectivity index (χ1) is 15.8. The molecule has 0 saturated carbocycles. The number of aromatic nitrogens is 1. The zero-order valence-electron chi connectivity index (χ0n) is 18.8. The van der Waals surface area contributed by atoms with Gasteiger partial charge in [-0.2, -0.15) is 0 Å². The molecule has 2 aromatic rings.